The van der Waals surface area contributed by atoms with Crippen LogP contribution in [0.1, 0.15) is 41.5 Å². The van der Waals surface area contributed by atoms with Crippen LogP contribution in [0, 0.1) is 5.82 Å². The summed E-state index contributed by atoms with van der Waals surface area (Å²) in [6.45, 7) is 14.1. The van der Waals surface area contributed by atoms with Crippen LogP contribution in [0.4, 0.5) is 4.39 Å². The summed E-state index contributed by atoms with van der Waals surface area (Å²) in [5.74, 6) is -0.0725. The first-order valence-corrected chi connectivity index (χ1v) is 12.9. The van der Waals surface area contributed by atoms with Crippen molar-refractivity contribution in [2.75, 3.05) is 7.11 Å². The van der Waals surface area contributed by atoms with Crippen molar-refractivity contribution in [3.05, 3.63) is 60.8 Å². The first-order valence-electron chi connectivity index (χ1n) is 10.7. The van der Waals surface area contributed by atoms with Gasteiger partial charge in [-0.1, -0.05) is 41.5 Å². The lowest BCUT2D eigenvalue weighted by Gasteiger charge is -2.45. The lowest BCUT2D eigenvalue weighted by molar-refractivity contribution is 0.387. The van der Waals surface area contributed by atoms with E-state index in [0.717, 1.165) is 22.4 Å². The topological polar surface area (TPSA) is 27.1 Å². The van der Waals surface area contributed by atoms with E-state index in [9.17, 15) is 4.39 Å². The molecule has 2 heterocycles. The van der Waals surface area contributed by atoms with E-state index in [2.05, 4.69) is 63.0 Å². The van der Waals surface area contributed by atoms with E-state index in [1.54, 1.807) is 0 Å². The summed E-state index contributed by atoms with van der Waals surface area (Å²) in [6.07, 6.45) is 5.90. The SMILES string of the molecule is COc1cc(-c2c(-c3ccncc3)ccn2[Si](C(C)C)(C(C)C)C(C)C)ccc1F. The number of ether oxygens (including phenoxy) is 1. The molecule has 0 saturated carbocycles. The third kappa shape index (κ3) is 3.60. The summed E-state index contributed by atoms with van der Waals surface area (Å²) >= 11 is 0. The van der Waals surface area contributed by atoms with E-state index in [0.29, 0.717) is 16.6 Å². The van der Waals surface area contributed by atoms with Crippen LogP contribution in [0.5, 0.6) is 5.75 Å². The van der Waals surface area contributed by atoms with E-state index in [-0.39, 0.29) is 11.6 Å². The zero-order valence-electron chi connectivity index (χ0n) is 19.1. The maximum atomic E-state index is 14.2. The molecule has 0 bridgehead atoms. The minimum absolute atomic E-state index is 0.270. The monoisotopic (exact) mass is 424 g/mol. The van der Waals surface area contributed by atoms with Crippen LogP contribution in [-0.2, 0) is 0 Å². The zero-order valence-corrected chi connectivity index (χ0v) is 20.1. The first kappa shape index (κ1) is 22.3. The van der Waals surface area contributed by atoms with Gasteiger partial charge in [0.15, 0.2) is 19.8 Å². The first-order chi connectivity index (χ1) is 14.2. The van der Waals surface area contributed by atoms with Crippen molar-refractivity contribution in [3.63, 3.8) is 0 Å². The standard InChI is InChI=1S/C25H33FN2OSi/c1-17(2)30(18(3)4,19(5)6)28-15-12-22(20-10-13-27-14-11-20)25(28)21-8-9-23(26)24(16-21)29-7/h8-19H,1-7H3. The molecule has 0 aliphatic rings. The molecule has 0 aliphatic heterocycles. The van der Waals surface area contributed by atoms with Crippen LogP contribution in [0.3, 0.4) is 0 Å². The zero-order chi connectivity index (χ0) is 22.1. The van der Waals surface area contributed by atoms with Crippen molar-refractivity contribution in [3.8, 4) is 28.1 Å². The minimum Gasteiger partial charge on any atom is -0.494 e. The second-order valence-corrected chi connectivity index (χ2v) is 14.6. The second-order valence-electron chi connectivity index (χ2n) is 8.88. The summed E-state index contributed by atoms with van der Waals surface area (Å²) in [4.78, 5) is 4.18. The van der Waals surface area contributed by atoms with Crippen molar-refractivity contribution in [2.45, 2.75) is 58.2 Å². The lowest BCUT2D eigenvalue weighted by atomic mass is 10.0. The van der Waals surface area contributed by atoms with Gasteiger partial charge in [0, 0.05) is 29.2 Å². The van der Waals surface area contributed by atoms with Gasteiger partial charge in [0.1, 0.15) is 0 Å². The molecule has 3 aromatic rings. The smallest absolute Gasteiger partial charge is 0.169 e. The Hall–Kier alpha value is -2.40. The largest absolute Gasteiger partial charge is 0.494 e. The number of nitrogens with zero attached hydrogens (tertiary/aromatic N) is 2. The molecule has 0 saturated heterocycles. The van der Waals surface area contributed by atoms with E-state index in [4.69, 9.17) is 4.74 Å². The minimum atomic E-state index is -2.02. The molecule has 5 heteroatoms. The molecule has 2 aromatic heterocycles. The van der Waals surface area contributed by atoms with E-state index in [1.807, 2.05) is 36.7 Å². The van der Waals surface area contributed by atoms with E-state index >= 15 is 0 Å². The summed E-state index contributed by atoms with van der Waals surface area (Å²) in [6, 6.07) is 11.5. The molecule has 0 unspecified atom stereocenters. The molecule has 0 aliphatic carbocycles. The normalized spacial score (nSPS) is 12.2. The van der Waals surface area contributed by atoms with Gasteiger partial charge in [0.2, 0.25) is 0 Å². The van der Waals surface area contributed by atoms with Crippen molar-refractivity contribution < 1.29 is 9.13 Å². The Bertz CT molecular complexity index is 974. The summed E-state index contributed by atoms with van der Waals surface area (Å²) < 4.78 is 22.1. The maximum Gasteiger partial charge on any atom is 0.169 e. The molecule has 0 atom stereocenters. The molecular formula is C25H33FN2OSi. The molecule has 0 N–H and O–H groups in total. The van der Waals surface area contributed by atoms with Gasteiger partial charge in [-0.25, -0.2) is 4.39 Å². The highest BCUT2D eigenvalue weighted by Gasteiger charge is 2.46. The number of aromatic nitrogens is 2. The van der Waals surface area contributed by atoms with Crippen LogP contribution >= 0.6 is 0 Å². The van der Waals surface area contributed by atoms with E-state index < -0.39 is 8.24 Å². The Morgan fingerprint density at radius 1 is 0.867 bits per heavy atom. The third-order valence-corrected chi connectivity index (χ3v) is 13.3. The second kappa shape index (κ2) is 8.76. The van der Waals surface area contributed by atoms with Crippen LogP contribution < -0.4 is 4.74 Å². The number of rotatable bonds is 7. The third-order valence-electron chi connectivity index (χ3n) is 6.49. The molecule has 0 spiro atoms. The Kier molecular flexibility index (Phi) is 6.51. The summed E-state index contributed by atoms with van der Waals surface area (Å²) in [7, 11) is -0.503. The molecule has 1 aromatic carbocycles. The quantitative estimate of drug-likeness (QED) is 0.370. The van der Waals surface area contributed by atoms with Crippen molar-refractivity contribution in [2.24, 2.45) is 0 Å². The van der Waals surface area contributed by atoms with Gasteiger partial charge in [-0.15, -0.1) is 0 Å². The summed E-state index contributed by atoms with van der Waals surface area (Å²) in [5, 5.41) is 0. The molecule has 30 heavy (non-hydrogen) atoms. The van der Waals surface area contributed by atoms with Gasteiger partial charge in [-0.2, -0.15) is 0 Å². The van der Waals surface area contributed by atoms with Crippen LogP contribution in [0.25, 0.3) is 22.4 Å². The lowest BCUT2D eigenvalue weighted by Crippen LogP contribution is -2.52. The molecular weight excluding hydrogens is 391 g/mol. The highest BCUT2D eigenvalue weighted by Crippen LogP contribution is 2.47. The molecule has 3 nitrogen and oxygen atoms in total. The maximum absolute atomic E-state index is 14.2. The Morgan fingerprint density at radius 2 is 1.47 bits per heavy atom. The van der Waals surface area contributed by atoms with Crippen molar-refractivity contribution in [1.82, 2.24) is 9.22 Å². The van der Waals surface area contributed by atoms with Crippen LogP contribution in [-0.4, -0.2) is 24.6 Å². The number of methoxy groups -OCH3 is 1. The number of benzene rings is 1. The molecule has 0 amide bonds. The van der Waals surface area contributed by atoms with Gasteiger partial charge < -0.3 is 8.97 Å². The number of hydrogen-bond donors (Lipinski definition) is 0. The van der Waals surface area contributed by atoms with Crippen molar-refractivity contribution >= 4 is 8.24 Å². The molecule has 160 valence electrons. The fourth-order valence-corrected chi connectivity index (χ4v) is 12.1. The van der Waals surface area contributed by atoms with Gasteiger partial charge in [0.25, 0.3) is 0 Å². The fourth-order valence-electron chi connectivity index (χ4n) is 5.46. The van der Waals surface area contributed by atoms with Gasteiger partial charge >= 0.3 is 0 Å². The number of pyridine rings is 1. The molecule has 0 radical (unpaired) electrons. The Labute approximate surface area is 181 Å². The number of halogens is 1. The predicted molar refractivity (Wildman–Crippen MR) is 126 cm³/mol. The Balaban J connectivity index is 2.39. The average Bonchev–Trinajstić information content (AvgIpc) is 3.13. The van der Waals surface area contributed by atoms with E-state index in [1.165, 1.54) is 13.2 Å². The van der Waals surface area contributed by atoms with Crippen LogP contribution in [0.2, 0.25) is 16.6 Å². The van der Waals surface area contributed by atoms with Gasteiger partial charge in [0.05, 0.1) is 7.11 Å². The summed E-state index contributed by atoms with van der Waals surface area (Å²) in [5.41, 5.74) is 5.99. The van der Waals surface area contributed by atoms with Gasteiger partial charge in [-0.3, -0.25) is 4.98 Å². The highest BCUT2D eigenvalue weighted by molar-refractivity contribution is 6.82. The predicted octanol–water partition coefficient (Wildman–Crippen LogP) is 7.39. The van der Waals surface area contributed by atoms with Crippen molar-refractivity contribution in [1.29, 1.82) is 0 Å². The average molecular weight is 425 g/mol. The van der Waals surface area contributed by atoms with Crippen LogP contribution in [0.15, 0.2) is 55.0 Å². The number of hydrogen-bond acceptors (Lipinski definition) is 2. The Morgan fingerprint density at radius 3 is 2.00 bits per heavy atom. The van der Waals surface area contributed by atoms with Gasteiger partial charge in [-0.05, 0) is 64.8 Å². The molecule has 0 fully saturated rings. The molecule has 3 rings (SSSR count). The highest BCUT2D eigenvalue weighted by atomic mass is 28.3. The fraction of sp³-hybridized carbons (Fsp3) is 0.400.